The number of anilines is 2. The predicted octanol–water partition coefficient (Wildman–Crippen LogP) is 1.57. The summed E-state index contributed by atoms with van der Waals surface area (Å²) < 4.78 is 0. The molecule has 0 spiro atoms. The molecular formula is C14H25N5O. The average Bonchev–Trinajstić information content (AvgIpc) is 2.42. The van der Waals surface area contributed by atoms with E-state index in [-0.39, 0.29) is 5.91 Å². The van der Waals surface area contributed by atoms with Gasteiger partial charge in [0.05, 0.1) is 6.54 Å². The summed E-state index contributed by atoms with van der Waals surface area (Å²) in [5, 5.41) is 5.99. The van der Waals surface area contributed by atoms with Crippen molar-refractivity contribution in [3.63, 3.8) is 0 Å². The summed E-state index contributed by atoms with van der Waals surface area (Å²) >= 11 is 0. The first-order valence-corrected chi connectivity index (χ1v) is 7.21. The fourth-order valence-electron chi connectivity index (χ4n) is 1.81. The molecule has 1 aromatic rings. The Kier molecular flexibility index (Phi) is 6.76. The zero-order valence-corrected chi connectivity index (χ0v) is 12.9. The molecule has 112 valence electrons. The van der Waals surface area contributed by atoms with E-state index in [1.54, 1.807) is 0 Å². The molecule has 0 unspecified atom stereocenters. The molecule has 0 saturated carbocycles. The smallest absolute Gasteiger partial charge is 0.239 e. The first kappa shape index (κ1) is 16.2. The second-order valence-corrected chi connectivity index (χ2v) is 4.59. The van der Waals surface area contributed by atoms with Crippen LogP contribution in [0.15, 0.2) is 6.07 Å². The fraction of sp³-hybridized carbons (Fsp3) is 0.643. The molecule has 0 atom stereocenters. The summed E-state index contributed by atoms with van der Waals surface area (Å²) in [6.45, 7) is 10.5. The molecule has 6 nitrogen and oxygen atoms in total. The second kappa shape index (κ2) is 8.35. The third-order valence-electron chi connectivity index (χ3n) is 2.79. The van der Waals surface area contributed by atoms with E-state index in [2.05, 4.69) is 27.5 Å². The lowest BCUT2D eigenvalue weighted by atomic mass is 10.3. The molecule has 0 aliphatic heterocycles. The van der Waals surface area contributed by atoms with Crippen molar-refractivity contribution in [2.24, 2.45) is 0 Å². The Morgan fingerprint density at radius 2 is 2.05 bits per heavy atom. The van der Waals surface area contributed by atoms with Crippen LogP contribution >= 0.6 is 0 Å². The zero-order chi connectivity index (χ0) is 15.0. The van der Waals surface area contributed by atoms with E-state index in [9.17, 15) is 4.79 Å². The number of aromatic nitrogens is 2. The summed E-state index contributed by atoms with van der Waals surface area (Å²) in [4.78, 5) is 22.5. The molecule has 0 fully saturated rings. The van der Waals surface area contributed by atoms with Gasteiger partial charge in [0.2, 0.25) is 11.9 Å². The molecule has 1 heterocycles. The topological polar surface area (TPSA) is 70.2 Å². The van der Waals surface area contributed by atoms with Crippen LogP contribution in [-0.4, -0.2) is 42.1 Å². The van der Waals surface area contributed by atoms with Crippen LogP contribution in [0.25, 0.3) is 0 Å². The van der Waals surface area contributed by atoms with Gasteiger partial charge in [-0.3, -0.25) is 4.79 Å². The maximum absolute atomic E-state index is 11.7. The third kappa shape index (κ3) is 5.03. The van der Waals surface area contributed by atoms with Crippen molar-refractivity contribution < 1.29 is 4.79 Å². The van der Waals surface area contributed by atoms with Crippen LogP contribution in [0.2, 0.25) is 0 Å². The number of nitrogens with zero attached hydrogens (tertiary/aromatic N) is 3. The van der Waals surface area contributed by atoms with Crippen molar-refractivity contribution in [3.8, 4) is 0 Å². The number of amides is 1. The largest absolute Gasteiger partial charge is 0.355 e. The molecule has 1 aromatic heterocycles. The van der Waals surface area contributed by atoms with Crippen molar-refractivity contribution in [3.05, 3.63) is 11.8 Å². The van der Waals surface area contributed by atoms with Gasteiger partial charge in [-0.25, -0.2) is 4.98 Å². The van der Waals surface area contributed by atoms with Crippen LogP contribution < -0.4 is 15.5 Å². The van der Waals surface area contributed by atoms with E-state index in [1.807, 2.05) is 31.7 Å². The van der Waals surface area contributed by atoms with Crippen molar-refractivity contribution in [1.29, 1.82) is 0 Å². The number of hydrogen-bond acceptors (Lipinski definition) is 5. The first-order chi connectivity index (χ1) is 9.60. The van der Waals surface area contributed by atoms with Crippen LogP contribution in [0.1, 0.15) is 32.9 Å². The average molecular weight is 279 g/mol. The summed E-state index contributed by atoms with van der Waals surface area (Å²) in [5.74, 6) is 1.41. The normalized spacial score (nSPS) is 10.2. The van der Waals surface area contributed by atoms with E-state index < -0.39 is 0 Å². The number of hydrogen-bond donors (Lipinski definition) is 2. The van der Waals surface area contributed by atoms with Crippen LogP contribution in [0.3, 0.4) is 0 Å². The number of likely N-dealkylation sites (N-methyl/N-ethyl adjacent to an activating group) is 2. The summed E-state index contributed by atoms with van der Waals surface area (Å²) in [6.07, 6.45) is 1.02. The molecule has 0 radical (unpaired) electrons. The maximum Gasteiger partial charge on any atom is 0.239 e. The molecule has 20 heavy (non-hydrogen) atoms. The lowest BCUT2D eigenvalue weighted by molar-refractivity contribution is -0.119. The Balaban J connectivity index is 2.85. The summed E-state index contributed by atoms with van der Waals surface area (Å²) in [6, 6.07) is 1.90. The Morgan fingerprint density at radius 3 is 2.65 bits per heavy atom. The molecule has 0 saturated heterocycles. The Labute approximate surface area is 121 Å². The number of nitrogens with one attached hydrogen (secondary N) is 2. The Bertz CT molecular complexity index is 436. The van der Waals surface area contributed by atoms with Gasteiger partial charge in [0.1, 0.15) is 5.82 Å². The second-order valence-electron chi connectivity index (χ2n) is 4.59. The summed E-state index contributed by atoms with van der Waals surface area (Å²) in [7, 11) is 0. The highest BCUT2D eigenvalue weighted by Crippen LogP contribution is 2.14. The molecule has 0 bridgehead atoms. The first-order valence-electron chi connectivity index (χ1n) is 7.21. The van der Waals surface area contributed by atoms with Gasteiger partial charge in [0.15, 0.2) is 0 Å². The Morgan fingerprint density at radius 1 is 1.30 bits per heavy atom. The molecule has 0 aromatic carbocycles. The fourth-order valence-corrected chi connectivity index (χ4v) is 1.81. The van der Waals surface area contributed by atoms with Gasteiger partial charge in [-0.05, 0) is 27.2 Å². The van der Waals surface area contributed by atoms with E-state index >= 15 is 0 Å². The minimum absolute atomic E-state index is 0.00804. The van der Waals surface area contributed by atoms with E-state index in [4.69, 9.17) is 0 Å². The molecule has 6 heteroatoms. The van der Waals surface area contributed by atoms with Gasteiger partial charge in [0.25, 0.3) is 0 Å². The zero-order valence-electron chi connectivity index (χ0n) is 12.9. The van der Waals surface area contributed by atoms with E-state index in [1.165, 1.54) is 0 Å². The lowest BCUT2D eigenvalue weighted by Gasteiger charge is -2.22. The third-order valence-corrected chi connectivity index (χ3v) is 2.79. The number of rotatable bonds is 8. The Hall–Kier alpha value is -1.85. The van der Waals surface area contributed by atoms with Gasteiger partial charge >= 0.3 is 0 Å². The van der Waals surface area contributed by atoms with Crippen LogP contribution in [0, 0.1) is 6.92 Å². The lowest BCUT2D eigenvalue weighted by Crippen LogP contribution is -2.37. The monoisotopic (exact) mass is 279 g/mol. The minimum atomic E-state index is 0.00804. The summed E-state index contributed by atoms with van der Waals surface area (Å²) in [5.41, 5.74) is 0.892. The van der Waals surface area contributed by atoms with Gasteiger partial charge in [-0.2, -0.15) is 4.98 Å². The molecule has 1 amide bonds. The molecular weight excluding hydrogens is 254 g/mol. The van der Waals surface area contributed by atoms with Crippen molar-refractivity contribution in [1.82, 2.24) is 15.3 Å². The molecule has 1 rings (SSSR count). The molecule has 0 aliphatic rings. The van der Waals surface area contributed by atoms with Gasteiger partial charge < -0.3 is 15.5 Å². The quantitative estimate of drug-likeness (QED) is 0.756. The van der Waals surface area contributed by atoms with E-state index in [0.29, 0.717) is 19.0 Å². The standard InChI is InChI=1S/C14H25N5O/c1-5-8-16-14-17-11(4)9-12(18-14)19(7-3)10-13(20)15-6-2/h9H,5-8,10H2,1-4H3,(H,15,20)(H,16,17,18). The maximum atomic E-state index is 11.7. The van der Waals surface area contributed by atoms with Crippen LogP contribution in [-0.2, 0) is 4.79 Å². The molecule has 2 N–H and O–H groups in total. The highest BCUT2D eigenvalue weighted by atomic mass is 16.2. The van der Waals surface area contributed by atoms with Crippen molar-refractivity contribution in [2.75, 3.05) is 36.4 Å². The number of carbonyl (C=O) groups excluding carboxylic acids is 1. The van der Waals surface area contributed by atoms with E-state index in [0.717, 1.165) is 31.0 Å². The van der Waals surface area contributed by atoms with Gasteiger partial charge in [-0.1, -0.05) is 6.92 Å². The SMILES string of the molecule is CCCNc1nc(C)cc(N(CC)CC(=O)NCC)n1. The minimum Gasteiger partial charge on any atom is -0.355 e. The van der Waals surface area contributed by atoms with Crippen LogP contribution in [0.4, 0.5) is 11.8 Å². The number of carbonyl (C=O) groups is 1. The van der Waals surface area contributed by atoms with Crippen molar-refractivity contribution in [2.45, 2.75) is 34.1 Å². The molecule has 0 aliphatic carbocycles. The van der Waals surface area contributed by atoms with Crippen LogP contribution in [0.5, 0.6) is 0 Å². The predicted molar refractivity (Wildman–Crippen MR) is 82.1 cm³/mol. The highest BCUT2D eigenvalue weighted by molar-refractivity contribution is 5.81. The van der Waals surface area contributed by atoms with Gasteiger partial charge in [0, 0.05) is 31.4 Å². The number of aryl methyl sites for hydroxylation is 1. The highest BCUT2D eigenvalue weighted by Gasteiger charge is 2.12. The van der Waals surface area contributed by atoms with Gasteiger partial charge in [-0.15, -0.1) is 0 Å². The van der Waals surface area contributed by atoms with Crippen molar-refractivity contribution >= 4 is 17.7 Å².